The van der Waals surface area contributed by atoms with Gasteiger partial charge in [-0.2, -0.15) is 0 Å². The second-order valence-electron chi connectivity index (χ2n) is 5.18. The number of hydrogen-bond acceptors (Lipinski definition) is 4. The fraction of sp³-hybridized carbons (Fsp3) is 0.750. The maximum Gasteiger partial charge on any atom is 0.0794 e. The third-order valence-corrected chi connectivity index (χ3v) is 4.86. The van der Waals surface area contributed by atoms with Gasteiger partial charge in [-0.15, -0.1) is 23.7 Å². The molecule has 3 rings (SSSR count). The fourth-order valence-corrected chi connectivity index (χ4v) is 3.91. The summed E-state index contributed by atoms with van der Waals surface area (Å²) in [5.41, 5.74) is 8.14. The molecule has 2 heterocycles. The molecule has 96 valence electrons. The third-order valence-electron chi connectivity index (χ3n) is 4.09. The SMILES string of the molecule is Cl.NC1CCCC2CN(Cc3cncs3)CC12. The van der Waals surface area contributed by atoms with E-state index in [4.69, 9.17) is 5.73 Å². The Morgan fingerprint density at radius 3 is 3.00 bits per heavy atom. The highest BCUT2D eigenvalue weighted by molar-refractivity contribution is 7.09. The molecule has 0 bridgehead atoms. The van der Waals surface area contributed by atoms with Gasteiger partial charge in [-0.25, -0.2) is 0 Å². The van der Waals surface area contributed by atoms with Gasteiger partial charge in [-0.3, -0.25) is 9.88 Å². The molecule has 2 N–H and O–H groups in total. The lowest BCUT2D eigenvalue weighted by atomic mass is 9.78. The molecule has 1 aliphatic carbocycles. The Bertz CT molecular complexity index is 344. The van der Waals surface area contributed by atoms with Gasteiger partial charge in [0, 0.05) is 36.8 Å². The molecule has 3 unspecified atom stereocenters. The van der Waals surface area contributed by atoms with E-state index in [2.05, 4.69) is 9.88 Å². The van der Waals surface area contributed by atoms with Gasteiger partial charge in [0.15, 0.2) is 0 Å². The Kier molecular flexibility index (Phi) is 4.42. The average Bonchev–Trinajstić information content (AvgIpc) is 2.88. The van der Waals surface area contributed by atoms with Crippen molar-refractivity contribution in [2.75, 3.05) is 13.1 Å². The molecule has 1 saturated carbocycles. The van der Waals surface area contributed by atoms with Crippen molar-refractivity contribution in [3.05, 3.63) is 16.6 Å². The Balaban J connectivity index is 0.00000108. The summed E-state index contributed by atoms with van der Waals surface area (Å²) in [6, 6.07) is 0.449. The molecule has 0 aromatic carbocycles. The fourth-order valence-electron chi connectivity index (χ4n) is 3.28. The van der Waals surface area contributed by atoms with Crippen LogP contribution >= 0.6 is 23.7 Å². The van der Waals surface area contributed by atoms with Crippen LogP contribution in [0.1, 0.15) is 24.1 Å². The summed E-state index contributed by atoms with van der Waals surface area (Å²) in [5.74, 6) is 1.61. The van der Waals surface area contributed by atoms with Gasteiger partial charge in [-0.1, -0.05) is 6.42 Å². The Morgan fingerprint density at radius 1 is 1.41 bits per heavy atom. The Hall–Kier alpha value is -0.160. The largest absolute Gasteiger partial charge is 0.327 e. The van der Waals surface area contributed by atoms with Crippen molar-refractivity contribution in [1.29, 1.82) is 0 Å². The third kappa shape index (κ3) is 2.81. The minimum Gasteiger partial charge on any atom is -0.327 e. The number of halogens is 1. The van der Waals surface area contributed by atoms with Crippen LogP contribution in [0, 0.1) is 11.8 Å². The zero-order valence-corrected chi connectivity index (χ0v) is 11.6. The summed E-state index contributed by atoms with van der Waals surface area (Å²) in [5, 5.41) is 0. The molecule has 2 fully saturated rings. The van der Waals surface area contributed by atoms with Crippen LogP contribution in [0.3, 0.4) is 0 Å². The van der Waals surface area contributed by atoms with Gasteiger partial charge in [0.2, 0.25) is 0 Å². The molecule has 1 saturated heterocycles. The molecule has 5 heteroatoms. The van der Waals surface area contributed by atoms with Crippen molar-refractivity contribution in [3.63, 3.8) is 0 Å². The standard InChI is InChI=1S/C12H19N3S.ClH/c13-12-3-1-2-9-5-15(7-11(9)12)6-10-4-14-8-16-10;/h4,8-9,11-12H,1-3,5-7,13H2;1H. The van der Waals surface area contributed by atoms with Crippen molar-refractivity contribution in [1.82, 2.24) is 9.88 Å². The molecular weight excluding hydrogens is 254 g/mol. The van der Waals surface area contributed by atoms with Crippen LogP contribution in [-0.2, 0) is 6.54 Å². The van der Waals surface area contributed by atoms with Crippen LogP contribution in [0.5, 0.6) is 0 Å². The highest BCUT2D eigenvalue weighted by Gasteiger charge is 2.38. The number of rotatable bonds is 2. The van der Waals surface area contributed by atoms with Gasteiger partial charge in [0.25, 0.3) is 0 Å². The summed E-state index contributed by atoms with van der Waals surface area (Å²) >= 11 is 1.76. The van der Waals surface area contributed by atoms with Crippen LogP contribution in [0.4, 0.5) is 0 Å². The van der Waals surface area contributed by atoms with E-state index in [0.717, 1.165) is 18.4 Å². The first kappa shape index (κ1) is 13.3. The van der Waals surface area contributed by atoms with E-state index >= 15 is 0 Å². The number of nitrogens with two attached hydrogens (primary N) is 1. The van der Waals surface area contributed by atoms with E-state index in [1.165, 1.54) is 37.2 Å². The summed E-state index contributed by atoms with van der Waals surface area (Å²) in [6.07, 6.45) is 5.94. The summed E-state index contributed by atoms with van der Waals surface area (Å²) in [7, 11) is 0. The van der Waals surface area contributed by atoms with Crippen LogP contribution in [-0.4, -0.2) is 29.0 Å². The quantitative estimate of drug-likeness (QED) is 0.898. The van der Waals surface area contributed by atoms with E-state index < -0.39 is 0 Å². The molecule has 0 amide bonds. The predicted octanol–water partition coefficient (Wildman–Crippen LogP) is 2.12. The number of thiazole rings is 1. The average molecular weight is 274 g/mol. The summed E-state index contributed by atoms with van der Waals surface area (Å²) < 4.78 is 0. The van der Waals surface area contributed by atoms with Gasteiger partial charge < -0.3 is 5.73 Å². The normalized spacial score (nSPS) is 33.1. The number of nitrogens with zero attached hydrogens (tertiary/aromatic N) is 2. The highest BCUT2D eigenvalue weighted by Crippen LogP contribution is 2.36. The molecule has 0 spiro atoms. The predicted molar refractivity (Wildman–Crippen MR) is 73.4 cm³/mol. The maximum atomic E-state index is 6.22. The molecule has 3 atom stereocenters. The summed E-state index contributed by atoms with van der Waals surface area (Å²) in [4.78, 5) is 8.08. The van der Waals surface area contributed by atoms with E-state index in [1.807, 2.05) is 11.7 Å². The molecule has 17 heavy (non-hydrogen) atoms. The van der Waals surface area contributed by atoms with Crippen LogP contribution in [0.2, 0.25) is 0 Å². The van der Waals surface area contributed by atoms with Gasteiger partial charge in [0.1, 0.15) is 0 Å². The molecule has 0 radical (unpaired) electrons. The zero-order chi connectivity index (χ0) is 11.0. The van der Waals surface area contributed by atoms with Gasteiger partial charge in [-0.05, 0) is 24.7 Å². The van der Waals surface area contributed by atoms with Crippen molar-refractivity contribution in [2.45, 2.75) is 31.8 Å². The smallest absolute Gasteiger partial charge is 0.0794 e. The van der Waals surface area contributed by atoms with Crippen molar-refractivity contribution in [3.8, 4) is 0 Å². The van der Waals surface area contributed by atoms with E-state index in [9.17, 15) is 0 Å². The van der Waals surface area contributed by atoms with E-state index in [1.54, 1.807) is 11.3 Å². The van der Waals surface area contributed by atoms with Crippen LogP contribution < -0.4 is 5.73 Å². The number of aromatic nitrogens is 1. The molecule has 3 nitrogen and oxygen atoms in total. The monoisotopic (exact) mass is 273 g/mol. The second kappa shape index (κ2) is 5.65. The van der Waals surface area contributed by atoms with Crippen LogP contribution in [0.25, 0.3) is 0 Å². The molecular formula is C12H20ClN3S. The first-order valence-corrected chi connectivity index (χ1v) is 7.06. The zero-order valence-electron chi connectivity index (χ0n) is 9.92. The van der Waals surface area contributed by atoms with Crippen molar-refractivity contribution in [2.24, 2.45) is 17.6 Å². The topological polar surface area (TPSA) is 42.1 Å². The highest BCUT2D eigenvalue weighted by atomic mass is 35.5. The molecule has 1 aromatic heterocycles. The Morgan fingerprint density at radius 2 is 2.29 bits per heavy atom. The molecule has 2 aliphatic rings. The van der Waals surface area contributed by atoms with E-state index in [0.29, 0.717) is 6.04 Å². The van der Waals surface area contributed by atoms with E-state index in [-0.39, 0.29) is 12.4 Å². The number of hydrogen-bond donors (Lipinski definition) is 1. The minimum atomic E-state index is 0. The van der Waals surface area contributed by atoms with Crippen LogP contribution in [0.15, 0.2) is 11.7 Å². The van der Waals surface area contributed by atoms with Gasteiger partial charge in [0.05, 0.1) is 5.51 Å². The Labute approximate surface area is 113 Å². The lowest BCUT2D eigenvalue weighted by Gasteiger charge is -2.29. The number of likely N-dealkylation sites (tertiary alicyclic amines) is 1. The number of fused-ring (bicyclic) bond motifs is 1. The lowest BCUT2D eigenvalue weighted by Crippen LogP contribution is -2.38. The lowest BCUT2D eigenvalue weighted by molar-refractivity contribution is 0.259. The maximum absolute atomic E-state index is 6.22. The molecule has 1 aliphatic heterocycles. The second-order valence-corrected chi connectivity index (χ2v) is 6.15. The molecule has 1 aromatic rings. The van der Waals surface area contributed by atoms with Crippen molar-refractivity contribution >= 4 is 23.7 Å². The first-order chi connectivity index (χ1) is 7.83. The summed E-state index contributed by atoms with van der Waals surface area (Å²) in [6.45, 7) is 3.52. The van der Waals surface area contributed by atoms with Crippen molar-refractivity contribution < 1.29 is 0 Å². The minimum absolute atomic E-state index is 0. The van der Waals surface area contributed by atoms with Gasteiger partial charge >= 0.3 is 0 Å². The first-order valence-electron chi connectivity index (χ1n) is 6.18.